The Balaban J connectivity index is 1.95. The average Bonchev–Trinajstić information content (AvgIpc) is 2.77. The Hall–Kier alpha value is -1.88. The third kappa shape index (κ3) is 4.37. The maximum atomic E-state index is 9.23. The number of nitrogens with zero attached hydrogens (tertiary/aromatic N) is 3. The van der Waals surface area contributed by atoms with Crippen LogP contribution in [-0.4, -0.2) is 25.4 Å². The van der Waals surface area contributed by atoms with Crippen LogP contribution in [-0.2, 0) is 13.1 Å². The molecule has 5 nitrogen and oxygen atoms in total. The Bertz CT molecular complexity index is 525. The van der Waals surface area contributed by atoms with E-state index in [2.05, 4.69) is 36.2 Å². The van der Waals surface area contributed by atoms with E-state index in [9.17, 15) is 5.11 Å². The molecular weight excluding hydrogens is 240 g/mol. The molecule has 102 valence electrons. The van der Waals surface area contributed by atoms with Crippen LogP contribution >= 0.6 is 0 Å². The van der Waals surface area contributed by atoms with Gasteiger partial charge in [-0.2, -0.15) is 5.10 Å². The molecule has 1 aromatic carbocycles. The van der Waals surface area contributed by atoms with Crippen molar-refractivity contribution in [2.24, 2.45) is 0 Å². The van der Waals surface area contributed by atoms with Gasteiger partial charge in [0.1, 0.15) is 12.1 Å². The molecule has 2 N–H and O–H groups in total. The first-order valence-corrected chi connectivity index (χ1v) is 6.34. The van der Waals surface area contributed by atoms with Crippen LogP contribution in [0.4, 0.5) is 0 Å². The SMILES string of the molecule is CC(C)(C)NCc1ncn(Cc2ccc(O)cc2)n1. The highest BCUT2D eigenvalue weighted by atomic mass is 16.3. The second kappa shape index (κ2) is 5.40. The number of phenolic OH excluding ortho intramolecular Hbond substituents is 1. The third-order valence-electron chi connectivity index (χ3n) is 2.64. The van der Waals surface area contributed by atoms with Crippen molar-refractivity contribution in [3.63, 3.8) is 0 Å². The molecule has 2 aromatic rings. The molecule has 0 aliphatic carbocycles. The molecule has 0 saturated heterocycles. The highest BCUT2D eigenvalue weighted by Gasteiger charge is 2.10. The summed E-state index contributed by atoms with van der Waals surface area (Å²) in [6.45, 7) is 7.65. The molecule has 0 bridgehead atoms. The van der Waals surface area contributed by atoms with Gasteiger partial charge in [0, 0.05) is 5.54 Å². The molecule has 0 amide bonds. The van der Waals surface area contributed by atoms with Crippen molar-refractivity contribution in [3.05, 3.63) is 42.0 Å². The lowest BCUT2D eigenvalue weighted by Gasteiger charge is -2.19. The Kier molecular flexibility index (Phi) is 3.85. The maximum Gasteiger partial charge on any atom is 0.164 e. The Labute approximate surface area is 113 Å². The van der Waals surface area contributed by atoms with Crippen LogP contribution in [0.15, 0.2) is 30.6 Å². The number of aromatic nitrogens is 3. The quantitative estimate of drug-likeness (QED) is 0.881. The lowest BCUT2D eigenvalue weighted by atomic mass is 10.1. The second-order valence-electron chi connectivity index (χ2n) is 5.63. The predicted octanol–water partition coefficient (Wildman–Crippen LogP) is 1.92. The molecule has 0 radical (unpaired) electrons. The fourth-order valence-corrected chi connectivity index (χ4v) is 1.62. The van der Waals surface area contributed by atoms with Crippen molar-refractivity contribution in [2.75, 3.05) is 0 Å². The number of benzene rings is 1. The molecule has 1 heterocycles. The van der Waals surface area contributed by atoms with Gasteiger partial charge in [-0.05, 0) is 38.5 Å². The number of aromatic hydroxyl groups is 1. The van der Waals surface area contributed by atoms with E-state index in [4.69, 9.17) is 0 Å². The molecule has 0 aliphatic heterocycles. The summed E-state index contributed by atoms with van der Waals surface area (Å²) in [6.07, 6.45) is 1.73. The van der Waals surface area contributed by atoms with Gasteiger partial charge in [0.15, 0.2) is 5.82 Å². The summed E-state index contributed by atoms with van der Waals surface area (Å²) in [5.74, 6) is 1.06. The largest absolute Gasteiger partial charge is 0.508 e. The second-order valence-corrected chi connectivity index (χ2v) is 5.63. The molecule has 0 unspecified atom stereocenters. The molecule has 1 aromatic heterocycles. The van der Waals surface area contributed by atoms with Crippen molar-refractivity contribution in [3.8, 4) is 5.75 Å². The predicted molar refractivity (Wildman–Crippen MR) is 73.8 cm³/mol. The van der Waals surface area contributed by atoms with E-state index in [1.165, 1.54) is 0 Å². The van der Waals surface area contributed by atoms with Gasteiger partial charge in [0.05, 0.1) is 13.1 Å². The number of hydrogen-bond donors (Lipinski definition) is 2. The lowest BCUT2D eigenvalue weighted by molar-refractivity contribution is 0.417. The summed E-state index contributed by atoms with van der Waals surface area (Å²) in [4.78, 5) is 4.27. The van der Waals surface area contributed by atoms with Gasteiger partial charge in [-0.15, -0.1) is 0 Å². The molecule has 19 heavy (non-hydrogen) atoms. The van der Waals surface area contributed by atoms with Crippen LogP contribution in [0.1, 0.15) is 32.2 Å². The minimum absolute atomic E-state index is 0.0580. The highest BCUT2D eigenvalue weighted by molar-refractivity contribution is 5.25. The Morgan fingerprint density at radius 2 is 1.89 bits per heavy atom. The normalized spacial score (nSPS) is 11.7. The molecule has 0 spiro atoms. The van der Waals surface area contributed by atoms with Gasteiger partial charge in [0.2, 0.25) is 0 Å². The van der Waals surface area contributed by atoms with E-state index < -0.39 is 0 Å². The van der Waals surface area contributed by atoms with Crippen molar-refractivity contribution in [1.29, 1.82) is 0 Å². The van der Waals surface area contributed by atoms with Crippen molar-refractivity contribution in [2.45, 2.75) is 39.4 Å². The summed E-state index contributed by atoms with van der Waals surface area (Å²) in [7, 11) is 0. The van der Waals surface area contributed by atoms with Crippen LogP contribution in [0, 0.1) is 0 Å². The average molecular weight is 260 g/mol. The molecule has 0 atom stereocenters. The first-order valence-electron chi connectivity index (χ1n) is 6.34. The molecular formula is C14H20N4O. The summed E-state index contributed by atoms with van der Waals surface area (Å²) in [5, 5.41) is 17.0. The fourth-order valence-electron chi connectivity index (χ4n) is 1.62. The van der Waals surface area contributed by atoms with Crippen LogP contribution < -0.4 is 5.32 Å². The van der Waals surface area contributed by atoms with Crippen LogP contribution in [0.25, 0.3) is 0 Å². The van der Waals surface area contributed by atoms with Crippen LogP contribution in [0.3, 0.4) is 0 Å². The lowest BCUT2D eigenvalue weighted by Crippen LogP contribution is -2.35. The standard InChI is InChI=1S/C14H20N4O/c1-14(2,3)16-8-13-15-10-18(17-13)9-11-4-6-12(19)7-5-11/h4-7,10,16,19H,8-9H2,1-3H3. The fraction of sp³-hybridized carbons (Fsp3) is 0.429. The third-order valence-corrected chi connectivity index (χ3v) is 2.64. The van der Waals surface area contributed by atoms with Gasteiger partial charge in [-0.3, -0.25) is 0 Å². The zero-order chi connectivity index (χ0) is 13.9. The smallest absolute Gasteiger partial charge is 0.164 e. The van der Waals surface area contributed by atoms with Crippen molar-refractivity contribution < 1.29 is 5.11 Å². The number of nitrogens with one attached hydrogen (secondary N) is 1. The van der Waals surface area contributed by atoms with Gasteiger partial charge in [-0.1, -0.05) is 12.1 Å². The first-order chi connectivity index (χ1) is 8.92. The first kappa shape index (κ1) is 13.5. The summed E-state index contributed by atoms with van der Waals surface area (Å²) >= 11 is 0. The zero-order valence-corrected chi connectivity index (χ0v) is 11.6. The van der Waals surface area contributed by atoms with Gasteiger partial charge < -0.3 is 10.4 Å². The monoisotopic (exact) mass is 260 g/mol. The molecule has 2 rings (SSSR count). The van der Waals surface area contributed by atoms with Crippen LogP contribution in [0.2, 0.25) is 0 Å². The van der Waals surface area contributed by atoms with Crippen LogP contribution in [0.5, 0.6) is 5.75 Å². The summed E-state index contributed by atoms with van der Waals surface area (Å²) in [5.41, 5.74) is 1.14. The van der Waals surface area contributed by atoms with Gasteiger partial charge >= 0.3 is 0 Å². The summed E-state index contributed by atoms with van der Waals surface area (Å²) < 4.78 is 1.80. The molecule has 0 fully saturated rings. The van der Waals surface area contributed by atoms with Gasteiger partial charge in [-0.25, -0.2) is 9.67 Å². The van der Waals surface area contributed by atoms with Crippen molar-refractivity contribution in [1.82, 2.24) is 20.1 Å². The topological polar surface area (TPSA) is 63.0 Å². The summed E-state index contributed by atoms with van der Waals surface area (Å²) in [6, 6.07) is 7.11. The maximum absolute atomic E-state index is 9.23. The van der Waals surface area contributed by atoms with E-state index in [1.807, 2.05) is 12.1 Å². The Morgan fingerprint density at radius 1 is 1.21 bits per heavy atom. The number of phenols is 1. The van der Waals surface area contributed by atoms with E-state index in [-0.39, 0.29) is 11.3 Å². The minimum atomic E-state index is 0.0580. The van der Waals surface area contributed by atoms with E-state index in [0.717, 1.165) is 11.4 Å². The number of hydrogen-bond acceptors (Lipinski definition) is 4. The van der Waals surface area contributed by atoms with E-state index in [1.54, 1.807) is 23.1 Å². The number of rotatable bonds is 4. The van der Waals surface area contributed by atoms with Gasteiger partial charge in [0.25, 0.3) is 0 Å². The van der Waals surface area contributed by atoms with E-state index in [0.29, 0.717) is 13.1 Å². The Morgan fingerprint density at radius 3 is 2.53 bits per heavy atom. The molecule has 0 saturated carbocycles. The zero-order valence-electron chi connectivity index (χ0n) is 11.6. The van der Waals surface area contributed by atoms with E-state index >= 15 is 0 Å². The highest BCUT2D eigenvalue weighted by Crippen LogP contribution is 2.10. The van der Waals surface area contributed by atoms with Crippen molar-refractivity contribution >= 4 is 0 Å². The molecule has 0 aliphatic rings. The minimum Gasteiger partial charge on any atom is -0.508 e. The molecule has 5 heteroatoms.